The minimum atomic E-state index is 0.588. The molecule has 2 rings (SSSR count). The van der Waals surface area contributed by atoms with Crippen LogP contribution in [-0.4, -0.2) is 7.11 Å². The molecule has 0 saturated carbocycles. The first-order valence-electron chi connectivity index (χ1n) is 5.32. The van der Waals surface area contributed by atoms with Gasteiger partial charge in [0.05, 0.1) is 12.1 Å². The third kappa shape index (κ3) is 2.37. The molecule has 88 valence electrons. The Morgan fingerprint density at radius 2 is 1.88 bits per heavy atom. The van der Waals surface area contributed by atoms with Crippen LogP contribution in [0, 0.1) is 6.92 Å². The molecule has 2 aromatic carbocycles. The summed E-state index contributed by atoms with van der Waals surface area (Å²) in [5, 5.41) is 0.588. The molecule has 2 N–H and O–H groups in total. The second-order valence-electron chi connectivity index (χ2n) is 3.94. The lowest BCUT2D eigenvalue weighted by atomic mass is 10.0. The average molecular weight is 248 g/mol. The number of nitrogen functional groups attached to an aromatic ring is 1. The van der Waals surface area contributed by atoms with Gasteiger partial charge in [-0.15, -0.1) is 0 Å². The van der Waals surface area contributed by atoms with Crippen LogP contribution in [0.25, 0.3) is 11.1 Å². The molecule has 3 heteroatoms. The molecule has 0 aliphatic heterocycles. The molecule has 0 aliphatic carbocycles. The van der Waals surface area contributed by atoms with Gasteiger partial charge < -0.3 is 10.5 Å². The highest BCUT2D eigenvalue weighted by Crippen LogP contribution is 2.32. The van der Waals surface area contributed by atoms with Crippen LogP contribution < -0.4 is 10.5 Å². The molecule has 0 fully saturated rings. The summed E-state index contributed by atoms with van der Waals surface area (Å²) in [4.78, 5) is 0. The molecule has 0 unspecified atom stereocenters. The summed E-state index contributed by atoms with van der Waals surface area (Å²) < 4.78 is 5.12. The van der Waals surface area contributed by atoms with E-state index in [1.54, 1.807) is 7.11 Å². The van der Waals surface area contributed by atoms with Gasteiger partial charge in [0, 0.05) is 11.3 Å². The van der Waals surface area contributed by atoms with Crippen molar-refractivity contribution in [2.75, 3.05) is 12.8 Å². The summed E-state index contributed by atoms with van der Waals surface area (Å²) in [7, 11) is 1.60. The Bertz CT molecular complexity index is 552. The fraction of sp³-hybridized carbons (Fsp3) is 0.143. The number of nitrogens with two attached hydrogens (primary N) is 1. The Hall–Kier alpha value is -1.67. The van der Waals surface area contributed by atoms with Crippen molar-refractivity contribution in [2.24, 2.45) is 0 Å². The summed E-state index contributed by atoms with van der Waals surface area (Å²) in [5.41, 5.74) is 9.88. The van der Waals surface area contributed by atoms with E-state index in [2.05, 4.69) is 0 Å². The third-order valence-electron chi connectivity index (χ3n) is 2.67. The Balaban J connectivity index is 2.50. The Kier molecular flexibility index (Phi) is 3.25. The van der Waals surface area contributed by atoms with Crippen LogP contribution in [0.4, 0.5) is 5.69 Å². The molecule has 0 aromatic heterocycles. The van der Waals surface area contributed by atoms with Crippen LogP contribution in [0.2, 0.25) is 5.02 Å². The molecule has 0 bridgehead atoms. The molecule has 0 aliphatic rings. The lowest BCUT2D eigenvalue weighted by Gasteiger charge is -2.09. The largest absolute Gasteiger partial charge is 0.495 e. The number of halogens is 1. The van der Waals surface area contributed by atoms with Gasteiger partial charge in [0.15, 0.2) is 0 Å². The van der Waals surface area contributed by atoms with Crippen molar-refractivity contribution >= 4 is 17.3 Å². The van der Waals surface area contributed by atoms with Crippen LogP contribution in [0.5, 0.6) is 5.75 Å². The van der Waals surface area contributed by atoms with Gasteiger partial charge in [0.1, 0.15) is 5.75 Å². The highest BCUT2D eigenvalue weighted by atomic mass is 35.5. The predicted molar refractivity (Wildman–Crippen MR) is 72.6 cm³/mol. The zero-order valence-corrected chi connectivity index (χ0v) is 10.6. The van der Waals surface area contributed by atoms with Crippen LogP contribution >= 0.6 is 11.6 Å². The predicted octanol–water partition coefficient (Wildman–Crippen LogP) is 3.91. The number of aryl methyl sites for hydroxylation is 1. The van der Waals surface area contributed by atoms with Gasteiger partial charge in [-0.2, -0.15) is 0 Å². The fourth-order valence-corrected chi connectivity index (χ4v) is 2.04. The van der Waals surface area contributed by atoms with Crippen molar-refractivity contribution in [3.05, 3.63) is 47.0 Å². The molecule has 0 saturated heterocycles. The standard InChI is InChI=1S/C14H14ClNO/c1-9-3-5-11(13(16)7-9)10-4-6-14(17-2)12(15)8-10/h3-8H,16H2,1-2H3. The second-order valence-corrected chi connectivity index (χ2v) is 4.35. The minimum Gasteiger partial charge on any atom is -0.495 e. The molecule has 0 spiro atoms. The molecule has 0 heterocycles. The van der Waals surface area contributed by atoms with Crippen LogP contribution in [-0.2, 0) is 0 Å². The van der Waals surface area contributed by atoms with Gasteiger partial charge in [-0.25, -0.2) is 0 Å². The van der Waals surface area contributed by atoms with E-state index in [-0.39, 0.29) is 0 Å². The number of hydrogen-bond donors (Lipinski definition) is 1. The SMILES string of the molecule is COc1ccc(-c2ccc(C)cc2N)cc1Cl. The van der Waals surface area contributed by atoms with Crippen LogP contribution in [0.3, 0.4) is 0 Å². The van der Waals surface area contributed by atoms with E-state index in [4.69, 9.17) is 22.1 Å². The van der Waals surface area contributed by atoms with Gasteiger partial charge in [-0.3, -0.25) is 0 Å². The van der Waals surface area contributed by atoms with Crippen molar-refractivity contribution in [3.8, 4) is 16.9 Å². The highest BCUT2D eigenvalue weighted by molar-refractivity contribution is 6.32. The molecule has 2 aromatic rings. The first-order valence-corrected chi connectivity index (χ1v) is 5.69. The Labute approximate surface area is 106 Å². The van der Waals surface area contributed by atoms with E-state index in [1.165, 1.54) is 0 Å². The minimum absolute atomic E-state index is 0.588. The van der Waals surface area contributed by atoms with Gasteiger partial charge in [0.2, 0.25) is 0 Å². The molecule has 0 atom stereocenters. The monoisotopic (exact) mass is 247 g/mol. The second kappa shape index (κ2) is 4.68. The van der Waals surface area contributed by atoms with Crippen LogP contribution in [0.1, 0.15) is 5.56 Å². The zero-order valence-electron chi connectivity index (χ0n) is 9.83. The number of rotatable bonds is 2. The number of ether oxygens (including phenoxy) is 1. The number of benzene rings is 2. The van der Waals surface area contributed by atoms with Crippen molar-refractivity contribution < 1.29 is 4.74 Å². The lowest BCUT2D eigenvalue weighted by molar-refractivity contribution is 0.415. The van der Waals surface area contributed by atoms with Gasteiger partial charge in [0.25, 0.3) is 0 Å². The molecule has 0 radical (unpaired) electrons. The van der Waals surface area contributed by atoms with Gasteiger partial charge in [-0.05, 0) is 36.2 Å². The summed E-state index contributed by atoms with van der Waals surface area (Å²) >= 11 is 6.10. The zero-order chi connectivity index (χ0) is 12.4. The molecule has 2 nitrogen and oxygen atoms in total. The highest BCUT2D eigenvalue weighted by Gasteiger charge is 2.06. The summed E-state index contributed by atoms with van der Waals surface area (Å²) in [6, 6.07) is 11.6. The summed E-state index contributed by atoms with van der Waals surface area (Å²) in [5.74, 6) is 0.668. The van der Waals surface area contributed by atoms with Gasteiger partial charge in [-0.1, -0.05) is 29.8 Å². The van der Waals surface area contributed by atoms with E-state index in [0.717, 1.165) is 22.4 Å². The van der Waals surface area contributed by atoms with Gasteiger partial charge >= 0.3 is 0 Å². The topological polar surface area (TPSA) is 35.2 Å². The van der Waals surface area contributed by atoms with E-state index in [0.29, 0.717) is 10.8 Å². The summed E-state index contributed by atoms with van der Waals surface area (Å²) in [6.07, 6.45) is 0. The molecular formula is C14H14ClNO. The Morgan fingerprint density at radius 3 is 2.47 bits per heavy atom. The van der Waals surface area contributed by atoms with E-state index >= 15 is 0 Å². The quantitative estimate of drug-likeness (QED) is 0.817. The van der Waals surface area contributed by atoms with Crippen LogP contribution in [0.15, 0.2) is 36.4 Å². The van der Waals surface area contributed by atoms with E-state index in [9.17, 15) is 0 Å². The number of anilines is 1. The maximum absolute atomic E-state index is 6.10. The van der Waals surface area contributed by atoms with Crippen molar-refractivity contribution in [1.82, 2.24) is 0 Å². The molecule has 17 heavy (non-hydrogen) atoms. The van der Waals surface area contributed by atoms with Crippen molar-refractivity contribution in [3.63, 3.8) is 0 Å². The average Bonchev–Trinajstić information content (AvgIpc) is 2.29. The lowest BCUT2D eigenvalue weighted by Crippen LogP contribution is -1.91. The van der Waals surface area contributed by atoms with E-state index < -0.39 is 0 Å². The molecule has 0 amide bonds. The number of hydrogen-bond acceptors (Lipinski definition) is 2. The van der Waals surface area contributed by atoms with E-state index in [1.807, 2.05) is 43.3 Å². The smallest absolute Gasteiger partial charge is 0.137 e. The maximum atomic E-state index is 6.10. The third-order valence-corrected chi connectivity index (χ3v) is 2.97. The Morgan fingerprint density at radius 1 is 1.12 bits per heavy atom. The summed E-state index contributed by atoms with van der Waals surface area (Å²) in [6.45, 7) is 2.02. The van der Waals surface area contributed by atoms with Crippen molar-refractivity contribution in [2.45, 2.75) is 6.92 Å². The molecular weight excluding hydrogens is 234 g/mol. The van der Waals surface area contributed by atoms with Crippen molar-refractivity contribution in [1.29, 1.82) is 0 Å². The normalized spacial score (nSPS) is 10.3. The fourth-order valence-electron chi connectivity index (χ4n) is 1.78. The first-order chi connectivity index (χ1) is 8.11. The number of methoxy groups -OCH3 is 1. The first kappa shape index (κ1) is 11.8. The maximum Gasteiger partial charge on any atom is 0.137 e.